The Morgan fingerprint density at radius 3 is 2.57 bits per heavy atom. The zero-order valence-electron chi connectivity index (χ0n) is 8.95. The maximum Gasteiger partial charge on any atom is 0.0572 e. The molecule has 3 aliphatic carbocycles. The standard InChI is InChI=1S/C12H21NO/c1-7-5-12(6-10(7)14)9-3-2-8(4-9)11(12)13/h7-11,14H,2-6,13H2,1H3/t7-,8-,9+,10-,11+,12?/m1/s1. The van der Waals surface area contributed by atoms with Gasteiger partial charge in [0.05, 0.1) is 6.10 Å². The van der Waals surface area contributed by atoms with Crippen LogP contribution in [0.2, 0.25) is 0 Å². The topological polar surface area (TPSA) is 46.2 Å². The van der Waals surface area contributed by atoms with Gasteiger partial charge in [-0.15, -0.1) is 0 Å². The van der Waals surface area contributed by atoms with Crippen molar-refractivity contribution in [1.82, 2.24) is 0 Å². The minimum atomic E-state index is -0.0830. The fraction of sp³-hybridized carbons (Fsp3) is 1.00. The zero-order valence-corrected chi connectivity index (χ0v) is 8.95. The van der Waals surface area contributed by atoms with Gasteiger partial charge < -0.3 is 10.8 Å². The lowest BCUT2D eigenvalue weighted by Crippen LogP contribution is -2.45. The monoisotopic (exact) mass is 195 g/mol. The Morgan fingerprint density at radius 2 is 2.07 bits per heavy atom. The molecule has 0 aliphatic heterocycles. The van der Waals surface area contributed by atoms with Crippen molar-refractivity contribution in [2.75, 3.05) is 0 Å². The van der Waals surface area contributed by atoms with Gasteiger partial charge in [-0.3, -0.25) is 0 Å². The quantitative estimate of drug-likeness (QED) is 0.615. The molecule has 14 heavy (non-hydrogen) atoms. The molecular formula is C12H21NO. The van der Waals surface area contributed by atoms with Gasteiger partial charge in [-0.05, 0) is 55.3 Å². The highest BCUT2D eigenvalue weighted by molar-refractivity contribution is 5.12. The molecule has 0 saturated heterocycles. The Balaban J connectivity index is 1.91. The maximum absolute atomic E-state index is 9.91. The Kier molecular flexibility index (Phi) is 1.79. The van der Waals surface area contributed by atoms with Gasteiger partial charge >= 0.3 is 0 Å². The zero-order chi connectivity index (χ0) is 9.92. The van der Waals surface area contributed by atoms with E-state index in [1.165, 1.54) is 25.7 Å². The van der Waals surface area contributed by atoms with E-state index in [-0.39, 0.29) is 6.10 Å². The van der Waals surface area contributed by atoms with Crippen molar-refractivity contribution in [2.24, 2.45) is 28.9 Å². The first kappa shape index (κ1) is 9.17. The molecule has 2 heteroatoms. The van der Waals surface area contributed by atoms with Crippen molar-refractivity contribution in [3.8, 4) is 0 Å². The van der Waals surface area contributed by atoms with Crippen LogP contribution in [-0.4, -0.2) is 17.3 Å². The van der Waals surface area contributed by atoms with E-state index in [0.717, 1.165) is 18.3 Å². The number of nitrogens with two attached hydrogens (primary N) is 1. The SMILES string of the molecule is C[C@@H]1CC2(C[C@H]1O)[C@H]1CC[C@H](C1)[C@@H]2N. The molecule has 0 aromatic heterocycles. The summed E-state index contributed by atoms with van der Waals surface area (Å²) in [5.74, 6) is 2.08. The molecule has 1 unspecified atom stereocenters. The minimum Gasteiger partial charge on any atom is -0.393 e. The highest BCUT2D eigenvalue weighted by atomic mass is 16.3. The summed E-state index contributed by atoms with van der Waals surface area (Å²) >= 11 is 0. The highest BCUT2D eigenvalue weighted by Gasteiger charge is 2.60. The first-order chi connectivity index (χ1) is 6.63. The molecule has 0 aromatic carbocycles. The smallest absolute Gasteiger partial charge is 0.0572 e. The Labute approximate surface area is 85.9 Å². The van der Waals surface area contributed by atoms with Crippen LogP contribution in [0.3, 0.4) is 0 Å². The van der Waals surface area contributed by atoms with E-state index in [4.69, 9.17) is 5.73 Å². The van der Waals surface area contributed by atoms with Crippen LogP contribution in [0.15, 0.2) is 0 Å². The van der Waals surface area contributed by atoms with Gasteiger partial charge in [-0.1, -0.05) is 6.92 Å². The van der Waals surface area contributed by atoms with Crippen molar-refractivity contribution in [2.45, 2.75) is 51.2 Å². The lowest BCUT2D eigenvalue weighted by molar-refractivity contribution is 0.0999. The van der Waals surface area contributed by atoms with Crippen LogP contribution in [0.1, 0.15) is 39.0 Å². The summed E-state index contributed by atoms with van der Waals surface area (Å²) in [6.07, 6.45) is 6.14. The Bertz CT molecular complexity index is 239. The summed E-state index contributed by atoms with van der Waals surface area (Å²) in [4.78, 5) is 0. The number of hydrogen-bond donors (Lipinski definition) is 2. The van der Waals surface area contributed by atoms with Gasteiger partial charge in [0.1, 0.15) is 0 Å². The van der Waals surface area contributed by atoms with Crippen LogP contribution < -0.4 is 5.73 Å². The number of rotatable bonds is 0. The van der Waals surface area contributed by atoms with Crippen LogP contribution in [0.25, 0.3) is 0 Å². The summed E-state index contributed by atoms with van der Waals surface area (Å²) in [6, 6.07) is 0.390. The number of aliphatic hydroxyl groups excluding tert-OH is 1. The third kappa shape index (κ3) is 0.938. The molecule has 6 atom stereocenters. The number of fused-ring (bicyclic) bond motifs is 3. The third-order valence-electron chi connectivity index (χ3n) is 5.41. The van der Waals surface area contributed by atoms with Gasteiger partial charge in [0.15, 0.2) is 0 Å². The van der Waals surface area contributed by atoms with E-state index in [0.29, 0.717) is 17.4 Å². The van der Waals surface area contributed by atoms with Crippen molar-refractivity contribution in [3.63, 3.8) is 0 Å². The molecule has 2 nitrogen and oxygen atoms in total. The predicted octanol–water partition coefficient (Wildman–Crippen LogP) is 1.52. The van der Waals surface area contributed by atoms with Gasteiger partial charge in [0, 0.05) is 6.04 Å². The van der Waals surface area contributed by atoms with E-state index < -0.39 is 0 Å². The summed E-state index contributed by atoms with van der Waals surface area (Å²) in [7, 11) is 0. The van der Waals surface area contributed by atoms with Crippen LogP contribution in [0.5, 0.6) is 0 Å². The molecule has 2 bridgehead atoms. The van der Waals surface area contributed by atoms with E-state index in [1.807, 2.05) is 0 Å². The first-order valence-electron chi connectivity index (χ1n) is 6.07. The molecule has 3 saturated carbocycles. The molecule has 3 aliphatic rings. The number of hydrogen-bond acceptors (Lipinski definition) is 2. The van der Waals surface area contributed by atoms with Crippen molar-refractivity contribution < 1.29 is 5.11 Å². The Morgan fingerprint density at radius 1 is 1.29 bits per heavy atom. The van der Waals surface area contributed by atoms with Crippen LogP contribution >= 0.6 is 0 Å². The summed E-state index contributed by atoms with van der Waals surface area (Å²) in [5.41, 5.74) is 6.71. The second-order valence-corrected chi connectivity index (χ2v) is 5.98. The van der Waals surface area contributed by atoms with Crippen molar-refractivity contribution in [3.05, 3.63) is 0 Å². The summed E-state index contributed by atoms with van der Waals surface area (Å²) in [5, 5.41) is 9.91. The fourth-order valence-electron chi connectivity index (χ4n) is 4.62. The molecular weight excluding hydrogens is 174 g/mol. The van der Waals surface area contributed by atoms with Crippen LogP contribution in [0.4, 0.5) is 0 Å². The van der Waals surface area contributed by atoms with E-state index in [1.54, 1.807) is 0 Å². The molecule has 80 valence electrons. The van der Waals surface area contributed by atoms with Crippen molar-refractivity contribution >= 4 is 0 Å². The van der Waals surface area contributed by atoms with E-state index in [9.17, 15) is 5.11 Å². The molecule has 3 rings (SSSR count). The largest absolute Gasteiger partial charge is 0.393 e. The molecule has 1 spiro atoms. The van der Waals surface area contributed by atoms with Crippen molar-refractivity contribution in [1.29, 1.82) is 0 Å². The molecule has 0 radical (unpaired) electrons. The lowest BCUT2D eigenvalue weighted by atomic mass is 9.68. The van der Waals surface area contributed by atoms with Gasteiger partial charge in [0.25, 0.3) is 0 Å². The minimum absolute atomic E-state index is 0.0830. The van der Waals surface area contributed by atoms with E-state index in [2.05, 4.69) is 6.92 Å². The van der Waals surface area contributed by atoms with Crippen LogP contribution in [-0.2, 0) is 0 Å². The van der Waals surface area contributed by atoms with Gasteiger partial charge in [-0.25, -0.2) is 0 Å². The molecule has 0 aromatic rings. The van der Waals surface area contributed by atoms with Gasteiger partial charge in [0.2, 0.25) is 0 Å². The highest BCUT2D eigenvalue weighted by Crippen LogP contribution is 2.62. The average Bonchev–Trinajstić information content (AvgIpc) is 2.76. The van der Waals surface area contributed by atoms with Gasteiger partial charge in [-0.2, -0.15) is 0 Å². The second-order valence-electron chi connectivity index (χ2n) is 5.98. The first-order valence-corrected chi connectivity index (χ1v) is 6.07. The Hall–Kier alpha value is -0.0800. The normalized spacial score (nSPS) is 61.5. The van der Waals surface area contributed by atoms with Crippen LogP contribution in [0, 0.1) is 23.2 Å². The summed E-state index contributed by atoms with van der Waals surface area (Å²) < 4.78 is 0. The predicted molar refractivity (Wildman–Crippen MR) is 55.6 cm³/mol. The number of aliphatic hydroxyl groups is 1. The maximum atomic E-state index is 9.91. The van der Waals surface area contributed by atoms with E-state index >= 15 is 0 Å². The lowest BCUT2D eigenvalue weighted by Gasteiger charge is -2.39. The molecule has 3 fully saturated rings. The molecule has 3 N–H and O–H groups in total. The fourth-order valence-corrected chi connectivity index (χ4v) is 4.62. The molecule has 0 amide bonds. The second kappa shape index (κ2) is 2.73. The average molecular weight is 195 g/mol. The molecule has 0 heterocycles. The third-order valence-corrected chi connectivity index (χ3v) is 5.41. The summed E-state index contributed by atoms with van der Waals surface area (Å²) in [6.45, 7) is 2.18.